The van der Waals surface area contributed by atoms with E-state index in [1.165, 1.54) is 0 Å². The van der Waals surface area contributed by atoms with E-state index in [0.29, 0.717) is 18.9 Å². The van der Waals surface area contributed by atoms with Gasteiger partial charge in [0.2, 0.25) is 0 Å². The van der Waals surface area contributed by atoms with Crippen molar-refractivity contribution in [1.82, 2.24) is 0 Å². The number of anilines is 2. The molecule has 0 spiro atoms. The molecule has 5 nitrogen and oxygen atoms in total. The summed E-state index contributed by atoms with van der Waals surface area (Å²) in [5.41, 5.74) is 1.69. The molecular formula is C12H16N2O3. The molecule has 92 valence electrons. The summed E-state index contributed by atoms with van der Waals surface area (Å²) < 4.78 is 10.3. The summed E-state index contributed by atoms with van der Waals surface area (Å²) in [4.78, 5) is 13.2. The van der Waals surface area contributed by atoms with E-state index in [0.717, 1.165) is 17.8 Å². The maximum atomic E-state index is 11.6. The van der Waals surface area contributed by atoms with E-state index in [1.807, 2.05) is 25.2 Å². The molecule has 0 aliphatic carbocycles. The van der Waals surface area contributed by atoms with E-state index in [9.17, 15) is 4.79 Å². The number of ether oxygens (including phenoxy) is 2. The first-order valence-corrected chi connectivity index (χ1v) is 5.56. The minimum Gasteiger partial charge on any atom is -0.494 e. The van der Waals surface area contributed by atoms with Crippen LogP contribution in [0.1, 0.15) is 6.42 Å². The molecule has 0 bridgehead atoms. The molecule has 1 amide bonds. The van der Waals surface area contributed by atoms with Crippen molar-refractivity contribution in [3.8, 4) is 5.75 Å². The fourth-order valence-corrected chi connectivity index (χ4v) is 1.83. The Morgan fingerprint density at radius 3 is 2.94 bits per heavy atom. The van der Waals surface area contributed by atoms with Crippen LogP contribution in [0.3, 0.4) is 0 Å². The van der Waals surface area contributed by atoms with Crippen LogP contribution >= 0.6 is 0 Å². The second kappa shape index (κ2) is 4.95. The largest absolute Gasteiger partial charge is 0.494 e. The van der Waals surface area contributed by atoms with Crippen molar-refractivity contribution in [3.05, 3.63) is 18.2 Å². The van der Waals surface area contributed by atoms with Crippen LogP contribution in [0.4, 0.5) is 16.2 Å². The van der Waals surface area contributed by atoms with Gasteiger partial charge in [-0.1, -0.05) is 0 Å². The van der Waals surface area contributed by atoms with Gasteiger partial charge in [-0.15, -0.1) is 0 Å². The molecule has 1 saturated heterocycles. The lowest BCUT2D eigenvalue weighted by molar-refractivity contribution is 0.140. The van der Waals surface area contributed by atoms with Crippen LogP contribution in [-0.4, -0.2) is 33.4 Å². The van der Waals surface area contributed by atoms with Crippen molar-refractivity contribution in [3.63, 3.8) is 0 Å². The molecule has 1 heterocycles. The van der Waals surface area contributed by atoms with Crippen molar-refractivity contribution in [2.75, 3.05) is 37.5 Å². The molecule has 0 aromatic heterocycles. The maximum Gasteiger partial charge on any atom is 0.414 e. The fraction of sp³-hybridized carbons (Fsp3) is 0.417. The lowest BCUT2D eigenvalue weighted by Gasteiger charge is -2.27. The van der Waals surface area contributed by atoms with Crippen LogP contribution in [0.15, 0.2) is 18.2 Å². The van der Waals surface area contributed by atoms with Gasteiger partial charge in [0.15, 0.2) is 0 Å². The van der Waals surface area contributed by atoms with E-state index in [2.05, 4.69) is 5.32 Å². The smallest absolute Gasteiger partial charge is 0.414 e. The minimum absolute atomic E-state index is 0.313. The van der Waals surface area contributed by atoms with Gasteiger partial charge in [0, 0.05) is 25.3 Å². The van der Waals surface area contributed by atoms with E-state index < -0.39 is 0 Å². The average Bonchev–Trinajstić information content (AvgIpc) is 2.38. The van der Waals surface area contributed by atoms with Crippen molar-refractivity contribution in [2.24, 2.45) is 0 Å². The summed E-state index contributed by atoms with van der Waals surface area (Å²) >= 11 is 0. The Balaban J connectivity index is 2.33. The van der Waals surface area contributed by atoms with Crippen LogP contribution in [0.25, 0.3) is 0 Å². The van der Waals surface area contributed by atoms with Crippen LogP contribution in [0, 0.1) is 0 Å². The summed E-state index contributed by atoms with van der Waals surface area (Å²) in [5, 5.41) is 3.03. The highest BCUT2D eigenvalue weighted by molar-refractivity contribution is 5.90. The number of rotatable bonds is 3. The van der Waals surface area contributed by atoms with Gasteiger partial charge in [0.25, 0.3) is 0 Å². The second-order valence-electron chi connectivity index (χ2n) is 3.76. The molecule has 1 aliphatic heterocycles. The summed E-state index contributed by atoms with van der Waals surface area (Å²) in [6.07, 6.45) is 0.523. The maximum absolute atomic E-state index is 11.6. The van der Waals surface area contributed by atoms with Crippen LogP contribution < -0.4 is 15.0 Å². The number of hydrogen-bond donors (Lipinski definition) is 1. The number of cyclic esters (lactones) is 1. The molecule has 2 rings (SSSR count). The highest BCUT2D eigenvalue weighted by atomic mass is 16.6. The standard InChI is InChI=1S/C12H16N2O3/c1-13-9-4-5-10(11(8-9)16-2)14-6-3-7-17-12(14)15/h4-5,8,13H,3,6-7H2,1-2H3. The Morgan fingerprint density at radius 2 is 2.29 bits per heavy atom. The highest BCUT2D eigenvalue weighted by Crippen LogP contribution is 2.32. The van der Waals surface area contributed by atoms with Gasteiger partial charge in [-0.2, -0.15) is 0 Å². The minimum atomic E-state index is -0.313. The molecule has 1 aliphatic rings. The van der Waals surface area contributed by atoms with Gasteiger partial charge in [-0.05, 0) is 18.6 Å². The van der Waals surface area contributed by atoms with Crippen LogP contribution in [-0.2, 0) is 4.74 Å². The van der Waals surface area contributed by atoms with Crippen molar-refractivity contribution in [1.29, 1.82) is 0 Å². The van der Waals surface area contributed by atoms with Gasteiger partial charge >= 0.3 is 6.09 Å². The molecular weight excluding hydrogens is 220 g/mol. The van der Waals surface area contributed by atoms with Crippen molar-refractivity contribution < 1.29 is 14.3 Å². The number of benzene rings is 1. The van der Waals surface area contributed by atoms with Crippen molar-refractivity contribution in [2.45, 2.75) is 6.42 Å². The Bertz CT molecular complexity index is 420. The molecule has 1 aromatic carbocycles. The van der Waals surface area contributed by atoms with Gasteiger partial charge in [-0.25, -0.2) is 4.79 Å². The molecule has 0 saturated carbocycles. The first-order chi connectivity index (χ1) is 8.26. The quantitative estimate of drug-likeness (QED) is 0.873. The zero-order valence-electron chi connectivity index (χ0n) is 10.0. The molecule has 0 radical (unpaired) electrons. The van der Waals surface area contributed by atoms with Gasteiger partial charge in [0.1, 0.15) is 5.75 Å². The summed E-state index contributed by atoms with van der Waals surface area (Å²) in [6, 6.07) is 5.62. The van der Waals surface area contributed by atoms with Gasteiger partial charge in [-0.3, -0.25) is 4.90 Å². The Morgan fingerprint density at radius 1 is 1.47 bits per heavy atom. The summed E-state index contributed by atoms with van der Waals surface area (Å²) in [5.74, 6) is 0.663. The second-order valence-corrected chi connectivity index (χ2v) is 3.76. The Kier molecular flexibility index (Phi) is 3.37. The molecule has 5 heteroatoms. The highest BCUT2D eigenvalue weighted by Gasteiger charge is 2.24. The third-order valence-electron chi connectivity index (χ3n) is 2.73. The number of nitrogens with zero attached hydrogens (tertiary/aromatic N) is 1. The number of nitrogens with one attached hydrogen (secondary N) is 1. The Hall–Kier alpha value is -1.91. The number of methoxy groups -OCH3 is 1. The lowest BCUT2D eigenvalue weighted by Crippen LogP contribution is -2.37. The van der Waals surface area contributed by atoms with Crippen LogP contribution in [0.2, 0.25) is 0 Å². The molecule has 0 unspecified atom stereocenters. The zero-order chi connectivity index (χ0) is 12.3. The number of amides is 1. The Labute approximate surface area is 100 Å². The van der Waals surface area contributed by atoms with E-state index in [4.69, 9.17) is 9.47 Å². The molecule has 0 atom stereocenters. The van der Waals surface area contributed by atoms with E-state index >= 15 is 0 Å². The number of hydrogen-bond acceptors (Lipinski definition) is 4. The van der Waals surface area contributed by atoms with Crippen LogP contribution in [0.5, 0.6) is 5.75 Å². The lowest BCUT2D eigenvalue weighted by atomic mass is 10.2. The monoisotopic (exact) mass is 236 g/mol. The van der Waals surface area contributed by atoms with Crippen molar-refractivity contribution >= 4 is 17.5 Å². The zero-order valence-corrected chi connectivity index (χ0v) is 10.0. The molecule has 1 N–H and O–H groups in total. The molecule has 17 heavy (non-hydrogen) atoms. The van der Waals surface area contributed by atoms with Gasteiger partial charge < -0.3 is 14.8 Å². The summed E-state index contributed by atoms with van der Waals surface area (Å²) in [7, 11) is 3.43. The predicted molar refractivity (Wildman–Crippen MR) is 65.9 cm³/mol. The topological polar surface area (TPSA) is 50.8 Å². The number of carbonyl (C=O) groups is 1. The summed E-state index contributed by atoms with van der Waals surface area (Å²) in [6.45, 7) is 1.15. The predicted octanol–water partition coefficient (Wildman–Crippen LogP) is 2.08. The third-order valence-corrected chi connectivity index (χ3v) is 2.73. The third kappa shape index (κ3) is 2.27. The van der Waals surface area contributed by atoms with E-state index in [-0.39, 0.29) is 6.09 Å². The SMILES string of the molecule is CNc1ccc(N2CCCOC2=O)c(OC)c1. The normalized spacial score (nSPS) is 15.4. The first-order valence-electron chi connectivity index (χ1n) is 5.56. The molecule has 1 fully saturated rings. The number of carbonyl (C=O) groups excluding carboxylic acids is 1. The van der Waals surface area contributed by atoms with Gasteiger partial charge in [0.05, 0.1) is 19.4 Å². The average molecular weight is 236 g/mol. The molecule has 1 aromatic rings. The fourth-order valence-electron chi connectivity index (χ4n) is 1.83. The first kappa shape index (κ1) is 11.6. The van der Waals surface area contributed by atoms with E-state index in [1.54, 1.807) is 12.0 Å².